The van der Waals surface area contributed by atoms with Gasteiger partial charge in [-0.1, -0.05) is 0 Å². The summed E-state index contributed by atoms with van der Waals surface area (Å²) < 4.78 is 30.3. The van der Waals surface area contributed by atoms with Crippen LogP contribution in [0.25, 0.3) is 0 Å². The van der Waals surface area contributed by atoms with E-state index >= 15 is 0 Å². The van der Waals surface area contributed by atoms with Crippen molar-refractivity contribution in [2.45, 2.75) is 6.42 Å². The normalized spacial score (nSPS) is 11.8. The summed E-state index contributed by atoms with van der Waals surface area (Å²) in [6.45, 7) is 1.63. The number of nitrogens with two attached hydrogens (primary N) is 1. The molecular weight excluding hydrogens is 182 g/mol. The Labute approximate surface area is 73.0 Å². The molecule has 0 radical (unpaired) electrons. The van der Waals surface area contributed by atoms with Crippen LogP contribution in [0.2, 0.25) is 0 Å². The molecule has 74 valence electrons. The molecule has 5 nitrogen and oxygen atoms in total. The summed E-state index contributed by atoms with van der Waals surface area (Å²) in [5.74, 6) is 0. The summed E-state index contributed by atoms with van der Waals surface area (Å²) in [6.07, 6.45) is 1.58. The first kappa shape index (κ1) is 11.8. The minimum absolute atomic E-state index is 0.170. The lowest BCUT2D eigenvalue weighted by atomic mass is 10.5. The molecule has 0 aliphatic rings. The molecule has 6 heteroatoms. The molecule has 0 aliphatic heterocycles. The van der Waals surface area contributed by atoms with Crippen LogP contribution in [0, 0.1) is 0 Å². The van der Waals surface area contributed by atoms with Crippen molar-refractivity contribution in [2.24, 2.45) is 5.73 Å². The van der Waals surface area contributed by atoms with Gasteiger partial charge in [-0.05, 0) is 6.42 Å². The Balaban J connectivity index is 3.12. The predicted molar refractivity (Wildman–Crippen MR) is 45.3 cm³/mol. The molecule has 0 fully saturated rings. The minimum atomic E-state index is -3.30. The Morgan fingerprint density at radius 1 is 1.25 bits per heavy atom. The molecule has 0 atom stereocenters. The predicted octanol–water partition coefficient (Wildman–Crippen LogP) is -0.672. The molecule has 0 amide bonds. The number of rotatable bonds is 7. The van der Waals surface area contributed by atoms with E-state index in [1.165, 1.54) is 0 Å². The highest BCUT2D eigenvalue weighted by Crippen LogP contribution is 1.90. The van der Waals surface area contributed by atoms with E-state index in [9.17, 15) is 8.42 Å². The van der Waals surface area contributed by atoms with Gasteiger partial charge in [-0.25, -0.2) is 0 Å². The van der Waals surface area contributed by atoms with Crippen molar-refractivity contribution in [2.75, 3.05) is 32.6 Å². The van der Waals surface area contributed by atoms with Gasteiger partial charge in [0.1, 0.15) is 0 Å². The number of hydrogen-bond acceptors (Lipinski definition) is 5. The van der Waals surface area contributed by atoms with Crippen molar-refractivity contribution in [3.8, 4) is 0 Å². The number of ether oxygens (including phenoxy) is 1. The summed E-state index contributed by atoms with van der Waals surface area (Å²) in [7, 11) is -3.30. The van der Waals surface area contributed by atoms with Crippen LogP contribution < -0.4 is 5.73 Å². The van der Waals surface area contributed by atoms with Gasteiger partial charge in [-0.2, -0.15) is 8.42 Å². The quantitative estimate of drug-likeness (QED) is 0.432. The largest absolute Gasteiger partial charge is 0.380 e. The average Bonchev–Trinajstić information content (AvgIpc) is 1.94. The van der Waals surface area contributed by atoms with E-state index < -0.39 is 10.1 Å². The molecule has 2 N–H and O–H groups in total. The maximum atomic E-state index is 10.4. The van der Waals surface area contributed by atoms with Gasteiger partial charge in [0.25, 0.3) is 10.1 Å². The molecule has 0 aromatic rings. The van der Waals surface area contributed by atoms with Gasteiger partial charge in [-0.15, -0.1) is 0 Å². The van der Waals surface area contributed by atoms with Crippen LogP contribution in [-0.2, 0) is 19.0 Å². The summed E-state index contributed by atoms with van der Waals surface area (Å²) in [5.41, 5.74) is 5.16. The molecule has 0 saturated carbocycles. The van der Waals surface area contributed by atoms with E-state index in [1.54, 1.807) is 0 Å². The van der Waals surface area contributed by atoms with Crippen molar-refractivity contribution in [1.82, 2.24) is 0 Å². The van der Waals surface area contributed by atoms with Gasteiger partial charge in [-0.3, -0.25) is 4.18 Å². The van der Waals surface area contributed by atoms with Gasteiger partial charge in [0.05, 0.1) is 19.5 Å². The fraction of sp³-hybridized carbons (Fsp3) is 1.00. The molecule has 0 aliphatic carbocycles. The van der Waals surface area contributed by atoms with Gasteiger partial charge in [0.15, 0.2) is 0 Å². The van der Waals surface area contributed by atoms with E-state index in [-0.39, 0.29) is 6.61 Å². The first-order valence-electron chi connectivity index (χ1n) is 3.68. The highest BCUT2D eigenvalue weighted by Gasteiger charge is 1.99. The Hall–Kier alpha value is -0.170. The second kappa shape index (κ2) is 6.36. The van der Waals surface area contributed by atoms with Crippen LogP contribution >= 0.6 is 0 Å². The maximum absolute atomic E-state index is 10.4. The molecule has 0 heterocycles. The standard InChI is InChI=1S/C6H15NO4S/c1-12(8,9)11-5-2-4-10-6-3-7/h2-7H2,1H3. The molecule has 0 bridgehead atoms. The lowest BCUT2D eigenvalue weighted by Crippen LogP contribution is -2.11. The SMILES string of the molecule is CS(=O)(=O)OCCCOCCN. The van der Waals surface area contributed by atoms with E-state index in [0.717, 1.165) is 6.26 Å². The molecule has 0 unspecified atom stereocenters. The summed E-state index contributed by atoms with van der Waals surface area (Å²) in [4.78, 5) is 0. The fourth-order valence-corrected chi connectivity index (χ4v) is 0.977. The maximum Gasteiger partial charge on any atom is 0.264 e. The van der Waals surface area contributed by atoms with E-state index in [2.05, 4.69) is 4.18 Å². The van der Waals surface area contributed by atoms with E-state index in [0.29, 0.717) is 26.2 Å². The Kier molecular flexibility index (Phi) is 6.27. The Morgan fingerprint density at radius 2 is 1.92 bits per heavy atom. The molecule has 12 heavy (non-hydrogen) atoms. The number of hydrogen-bond donors (Lipinski definition) is 1. The van der Waals surface area contributed by atoms with Crippen molar-refractivity contribution in [1.29, 1.82) is 0 Å². The van der Waals surface area contributed by atoms with Gasteiger partial charge in [0, 0.05) is 13.2 Å². The van der Waals surface area contributed by atoms with Gasteiger partial charge >= 0.3 is 0 Å². The van der Waals surface area contributed by atoms with Crippen LogP contribution in [-0.4, -0.2) is 41.0 Å². The topological polar surface area (TPSA) is 78.6 Å². The molecule has 0 aromatic heterocycles. The van der Waals surface area contributed by atoms with Crippen LogP contribution in [0.5, 0.6) is 0 Å². The highest BCUT2D eigenvalue weighted by atomic mass is 32.2. The molecule has 0 aromatic carbocycles. The van der Waals surface area contributed by atoms with Crippen LogP contribution in [0.4, 0.5) is 0 Å². The third-order valence-corrected chi connectivity index (χ3v) is 1.59. The smallest absolute Gasteiger partial charge is 0.264 e. The zero-order chi connectivity index (χ0) is 9.45. The van der Waals surface area contributed by atoms with Crippen molar-refractivity contribution in [3.63, 3.8) is 0 Å². The van der Waals surface area contributed by atoms with Crippen molar-refractivity contribution in [3.05, 3.63) is 0 Å². The van der Waals surface area contributed by atoms with Crippen molar-refractivity contribution < 1.29 is 17.3 Å². The summed E-state index contributed by atoms with van der Waals surface area (Å²) in [6, 6.07) is 0. The van der Waals surface area contributed by atoms with Crippen LogP contribution in [0.1, 0.15) is 6.42 Å². The molecule has 0 saturated heterocycles. The molecule has 0 spiro atoms. The third-order valence-electron chi connectivity index (χ3n) is 0.993. The van der Waals surface area contributed by atoms with Gasteiger partial charge < -0.3 is 10.5 Å². The monoisotopic (exact) mass is 197 g/mol. The summed E-state index contributed by atoms with van der Waals surface area (Å²) >= 11 is 0. The van der Waals surface area contributed by atoms with E-state index in [4.69, 9.17) is 10.5 Å². The Morgan fingerprint density at radius 3 is 2.42 bits per heavy atom. The summed E-state index contributed by atoms with van der Waals surface area (Å²) in [5, 5.41) is 0. The first-order valence-corrected chi connectivity index (χ1v) is 5.50. The second-order valence-electron chi connectivity index (χ2n) is 2.28. The fourth-order valence-electron chi connectivity index (χ4n) is 0.557. The lowest BCUT2D eigenvalue weighted by Gasteiger charge is -2.01. The first-order chi connectivity index (χ1) is 5.56. The molecular formula is C6H15NO4S. The Bertz CT molecular complexity index is 190. The highest BCUT2D eigenvalue weighted by molar-refractivity contribution is 7.85. The molecule has 0 rings (SSSR count). The van der Waals surface area contributed by atoms with Crippen molar-refractivity contribution >= 4 is 10.1 Å². The van der Waals surface area contributed by atoms with Crippen LogP contribution in [0.15, 0.2) is 0 Å². The second-order valence-corrected chi connectivity index (χ2v) is 3.92. The van der Waals surface area contributed by atoms with Crippen LogP contribution in [0.3, 0.4) is 0 Å². The third kappa shape index (κ3) is 9.83. The average molecular weight is 197 g/mol. The lowest BCUT2D eigenvalue weighted by molar-refractivity contribution is 0.127. The zero-order valence-electron chi connectivity index (χ0n) is 7.15. The van der Waals surface area contributed by atoms with E-state index in [1.807, 2.05) is 0 Å². The minimum Gasteiger partial charge on any atom is -0.380 e. The van der Waals surface area contributed by atoms with Gasteiger partial charge in [0.2, 0.25) is 0 Å². The zero-order valence-corrected chi connectivity index (χ0v) is 7.97.